The van der Waals surface area contributed by atoms with Crippen LogP contribution in [-0.4, -0.2) is 31.1 Å². The molecule has 0 amide bonds. The largest absolute Gasteiger partial charge is 0.458 e. The van der Waals surface area contributed by atoms with Crippen LogP contribution in [0, 0.1) is 63.6 Å². The molecule has 4 saturated carbocycles. The summed E-state index contributed by atoms with van der Waals surface area (Å²) in [6.07, 6.45) is 4.88. The Morgan fingerprint density at radius 3 is 2.03 bits per heavy atom. The van der Waals surface area contributed by atoms with E-state index in [9.17, 15) is 35.2 Å². The van der Waals surface area contributed by atoms with Gasteiger partial charge in [0, 0.05) is 5.41 Å². The summed E-state index contributed by atoms with van der Waals surface area (Å²) in [5, 5.41) is 0. The van der Waals surface area contributed by atoms with Gasteiger partial charge in [-0.15, -0.1) is 0 Å². The van der Waals surface area contributed by atoms with Gasteiger partial charge in [-0.05, 0) is 86.9 Å². The molecule has 0 heterocycles. The van der Waals surface area contributed by atoms with Crippen molar-refractivity contribution < 1.29 is 48.6 Å². The van der Waals surface area contributed by atoms with Crippen molar-refractivity contribution in [2.75, 3.05) is 0 Å². The van der Waals surface area contributed by atoms with E-state index in [0.29, 0.717) is 43.9 Å². The molecule has 5 rings (SSSR count). The van der Waals surface area contributed by atoms with Crippen LogP contribution in [0.25, 0.3) is 0 Å². The first-order valence-electron chi connectivity index (χ1n) is 13.1. The Morgan fingerprint density at radius 1 is 0.816 bits per heavy atom. The van der Waals surface area contributed by atoms with Crippen LogP contribution in [0.1, 0.15) is 82.0 Å². The van der Waals surface area contributed by atoms with Crippen molar-refractivity contribution in [2.45, 2.75) is 83.8 Å². The number of fused-ring (bicyclic) bond motifs is 5. The zero-order chi connectivity index (χ0) is 27.8. The Hall–Kier alpha value is -1.79. The van der Waals surface area contributed by atoms with Gasteiger partial charge in [0.2, 0.25) is 5.82 Å². The van der Waals surface area contributed by atoms with E-state index < -0.39 is 68.6 Å². The average Bonchev–Trinajstić information content (AvgIpc) is 3.17. The Bertz CT molecular complexity index is 1230. The fourth-order valence-corrected chi connectivity index (χ4v) is 9.11. The molecule has 0 radical (unpaired) electrons. The zero-order valence-corrected chi connectivity index (χ0v) is 21.9. The van der Waals surface area contributed by atoms with Gasteiger partial charge in [-0.2, -0.15) is 8.42 Å². The lowest BCUT2D eigenvalue weighted by atomic mass is 9.45. The standard InChI is InChI=1S/C26H31F5O6S/c1-25-9-7-13(37-38(33,34)35)11-12(25)3-4-14-15-5-6-17(26(15,2)10-8-16(14)25)36-24(32)18-19(27)21(29)23(31)22(30)20(18)28/h12-17H,3-11H2,1-2H3,(H,33,34,35)/t12-,13-,14+,15+,16+,17-,25+,26+/m1/s1. The van der Waals surface area contributed by atoms with Crippen LogP contribution < -0.4 is 0 Å². The van der Waals surface area contributed by atoms with Gasteiger partial charge in [0.05, 0.1) is 6.10 Å². The lowest BCUT2D eigenvalue weighted by molar-refractivity contribution is -0.132. The molecule has 0 saturated heterocycles. The average molecular weight is 567 g/mol. The summed E-state index contributed by atoms with van der Waals surface area (Å²) < 4.78 is 111. The summed E-state index contributed by atoms with van der Waals surface area (Å²) in [7, 11) is -4.52. The predicted octanol–water partition coefficient (Wildman–Crippen LogP) is 6.14. The number of benzene rings is 1. The van der Waals surface area contributed by atoms with Crippen LogP contribution in [-0.2, 0) is 19.3 Å². The highest BCUT2D eigenvalue weighted by Gasteiger charge is 2.61. The van der Waals surface area contributed by atoms with Crippen LogP contribution in [0.5, 0.6) is 0 Å². The molecule has 4 fully saturated rings. The van der Waals surface area contributed by atoms with Crippen molar-refractivity contribution in [3.05, 3.63) is 34.6 Å². The van der Waals surface area contributed by atoms with Gasteiger partial charge in [-0.1, -0.05) is 13.8 Å². The first-order valence-corrected chi connectivity index (χ1v) is 14.4. The molecule has 4 aliphatic rings. The third-order valence-corrected chi connectivity index (χ3v) is 11.0. The number of halogens is 5. The van der Waals surface area contributed by atoms with E-state index in [2.05, 4.69) is 6.92 Å². The normalized spacial score (nSPS) is 38.7. The molecule has 1 N–H and O–H groups in total. The highest BCUT2D eigenvalue weighted by molar-refractivity contribution is 7.80. The number of hydrogen-bond donors (Lipinski definition) is 1. The van der Waals surface area contributed by atoms with E-state index in [4.69, 9.17) is 13.5 Å². The minimum Gasteiger partial charge on any atom is -0.458 e. The maximum atomic E-state index is 14.2. The van der Waals surface area contributed by atoms with Gasteiger partial charge in [-0.3, -0.25) is 4.55 Å². The van der Waals surface area contributed by atoms with Crippen molar-refractivity contribution in [1.29, 1.82) is 0 Å². The monoisotopic (exact) mass is 566 g/mol. The third kappa shape index (κ3) is 4.34. The van der Waals surface area contributed by atoms with Gasteiger partial charge >= 0.3 is 16.4 Å². The molecule has 4 aliphatic carbocycles. The molecule has 0 aromatic heterocycles. The molecular weight excluding hydrogens is 535 g/mol. The summed E-state index contributed by atoms with van der Waals surface area (Å²) in [5.41, 5.74) is -2.12. The highest BCUT2D eigenvalue weighted by Crippen LogP contribution is 2.66. The molecule has 1 aromatic rings. The summed E-state index contributed by atoms with van der Waals surface area (Å²) in [6.45, 7) is 4.21. The van der Waals surface area contributed by atoms with Crippen molar-refractivity contribution in [3.63, 3.8) is 0 Å². The van der Waals surface area contributed by atoms with Crippen LogP contribution in [0.15, 0.2) is 0 Å². The molecule has 1 aromatic carbocycles. The second kappa shape index (κ2) is 9.40. The molecule has 212 valence electrons. The minimum atomic E-state index is -4.52. The summed E-state index contributed by atoms with van der Waals surface area (Å²) in [6, 6.07) is 0. The van der Waals surface area contributed by atoms with Crippen molar-refractivity contribution in [3.8, 4) is 0 Å². The maximum Gasteiger partial charge on any atom is 0.397 e. The molecule has 6 nitrogen and oxygen atoms in total. The molecule has 38 heavy (non-hydrogen) atoms. The fourth-order valence-electron chi connectivity index (χ4n) is 8.60. The third-order valence-electron chi connectivity index (χ3n) is 10.5. The summed E-state index contributed by atoms with van der Waals surface area (Å²) >= 11 is 0. The number of esters is 1. The SMILES string of the molecule is C[C@]12CC[C@@H](OS(=O)(=O)O)C[C@H]1CC[C@@H]1[C@@H]2CC[C@]2(C)[C@H](OC(=O)c3c(F)c(F)c(F)c(F)c3F)CC[C@@H]12. The predicted molar refractivity (Wildman–Crippen MR) is 124 cm³/mol. The zero-order valence-electron chi connectivity index (χ0n) is 21.1. The number of rotatable bonds is 4. The van der Waals surface area contributed by atoms with E-state index >= 15 is 0 Å². The molecule has 8 atom stereocenters. The molecule has 12 heteroatoms. The Kier molecular flexibility index (Phi) is 6.87. The Morgan fingerprint density at radius 2 is 1.39 bits per heavy atom. The van der Waals surface area contributed by atoms with Crippen molar-refractivity contribution >= 4 is 16.4 Å². The van der Waals surface area contributed by atoms with E-state index in [1.807, 2.05) is 6.92 Å². The van der Waals surface area contributed by atoms with Crippen LogP contribution >= 0.6 is 0 Å². The molecule has 0 aliphatic heterocycles. The van der Waals surface area contributed by atoms with E-state index in [1.165, 1.54) is 0 Å². The first-order chi connectivity index (χ1) is 17.7. The van der Waals surface area contributed by atoms with E-state index in [-0.39, 0.29) is 17.3 Å². The van der Waals surface area contributed by atoms with Crippen LogP contribution in [0.4, 0.5) is 22.0 Å². The van der Waals surface area contributed by atoms with Crippen LogP contribution in [0.3, 0.4) is 0 Å². The smallest absolute Gasteiger partial charge is 0.397 e. The Balaban J connectivity index is 1.33. The minimum absolute atomic E-state index is 0.0481. The van der Waals surface area contributed by atoms with Gasteiger partial charge < -0.3 is 4.74 Å². The number of carbonyl (C=O) groups excluding carboxylic acids is 1. The summed E-state index contributed by atoms with van der Waals surface area (Å²) in [5.74, 6) is -11.6. The lowest BCUT2D eigenvalue weighted by Crippen LogP contribution is -2.55. The topological polar surface area (TPSA) is 89.9 Å². The van der Waals surface area contributed by atoms with Crippen LogP contribution in [0.2, 0.25) is 0 Å². The molecular formula is C26H31F5O6S. The lowest BCUT2D eigenvalue weighted by Gasteiger charge is -2.60. The first kappa shape index (κ1) is 27.8. The second-order valence-corrected chi connectivity index (χ2v) is 13.1. The molecule has 0 unspecified atom stereocenters. The van der Waals surface area contributed by atoms with Gasteiger partial charge in [0.25, 0.3) is 0 Å². The molecule has 0 bridgehead atoms. The van der Waals surface area contributed by atoms with Crippen molar-refractivity contribution in [2.24, 2.45) is 34.5 Å². The highest BCUT2D eigenvalue weighted by atomic mass is 32.3. The van der Waals surface area contributed by atoms with Gasteiger partial charge in [0.1, 0.15) is 11.7 Å². The van der Waals surface area contributed by atoms with E-state index in [0.717, 1.165) is 25.7 Å². The van der Waals surface area contributed by atoms with E-state index in [1.54, 1.807) is 0 Å². The second-order valence-electron chi connectivity index (χ2n) is 12.0. The summed E-state index contributed by atoms with van der Waals surface area (Å²) in [4.78, 5) is 12.7. The molecule has 0 spiro atoms. The fraction of sp³-hybridized carbons (Fsp3) is 0.731. The maximum absolute atomic E-state index is 14.2. The number of hydrogen-bond acceptors (Lipinski definition) is 5. The number of ether oxygens (including phenoxy) is 1. The Labute approximate surface area is 218 Å². The van der Waals surface area contributed by atoms with Gasteiger partial charge in [0.15, 0.2) is 23.3 Å². The van der Waals surface area contributed by atoms with Crippen molar-refractivity contribution in [1.82, 2.24) is 0 Å². The quantitative estimate of drug-likeness (QED) is 0.155. The number of carbonyl (C=O) groups is 1. The van der Waals surface area contributed by atoms with Gasteiger partial charge in [-0.25, -0.2) is 30.9 Å².